The highest BCUT2D eigenvalue weighted by Gasteiger charge is 2.10. The highest BCUT2D eigenvalue weighted by molar-refractivity contribution is 5.94. The normalized spacial score (nSPS) is 11.1. The predicted molar refractivity (Wildman–Crippen MR) is 61.5 cm³/mol. The van der Waals surface area contributed by atoms with Gasteiger partial charge in [-0.3, -0.25) is 0 Å². The van der Waals surface area contributed by atoms with Gasteiger partial charge in [-0.25, -0.2) is 4.79 Å². The van der Waals surface area contributed by atoms with Crippen molar-refractivity contribution in [1.82, 2.24) is 4.98 Å². The fourth-order valence-electron chi connectivity index (χ4n) is 1.46. The van der Waals surface area contributed by atoms with Crippen molar-refractivity contribution in [3.8, 4) is 5.88 Å². The van der Waals surface area contributed by atoms with Crippen molar-refractivity contribution in [3.63, 3.8) is 0 Å². The summed E-state index contributed by atoms with van der Waals surface area (Å²) in [6, 6.07) is 7.19. The van der Waals surface area contributed by atoms with Crippen LogP contribution < -0.4 is 0 Å². The molecule has 2 rings (SSSR count). The number of benzene rings is 1. The zero-order valence-electron chi connectivity index (χ0n) is 9.17. The van der Waals surface area contributed by atoms with Crippen LogP contribution in [-0.2, 0) is 4.74 Å². The number of aromatic nitrogens is 1. The van der Waals surface area contributed by atoms with Crippen molar-refractivity contribution in [3.05, 3.63) is 24.3 Å². The molecule has 0 spiro atoms. The molecule has 1 heterocycles. The Labute approximate surface area is 96.9 Å². The third-order valence-corrected chi connectivity index (χ3v) is 2.16. The third kappa shape index (κ3) is 2.25. The van der Waals surface area contributed by atoms with Gasteiger partial charge < -0.3 is 14.8 Å². The Morgan fingerprint density at radius 1 is 1.47 bits per heavy atom. The fraction of sp³-hybridized carbons (Fsp3) is 0.182. The summed E-state index contributed by atoms with van der Waals surface area (Å²) in [7, 11) is 0. The van der Waals surface area contributed by atoms with E-state index < -0.39 is 6.09 Å². The molecule has 0 saturated heterocycles. The second-order valence-electron chi connectivity index (χ2n) is 3.27. The Morgan fingerprint density at radius 3 is 3.00 bits per heavy atom. The van der Waals surface area contributed by atoms with Crippen LogP contribution in [0.5, 0.6) is 5.88 Å². The number of aromatic hydroxyl groups is 1. The van der Waals surface area contributed by atoms with E-state index in [4.69, 9.17) is 0 Å². The number of rotatable bonds is 2. The van der Waals surface area contributed by atoms with Crippen LogP contribution in [0, 0.1) is 0 Å². The molecule has 2 aromatic rings. The minimum Gasteiger partial charge on any atom is -0.493 e. The zero-order valence-corrected chi connectivity index (χ0v) is 9.17. The first-order chi connectivity index (χ1) is 8.22. The van der Waals surface area contributed by atoms with E-state index in [9.17, 15) is 9.90 Å². The number of H-pyrrole nitrogens is 1. The topological polar surface area (TPSA) is 87.0 Å². The van der Waals surface area contributed by atoms with Gasteiger partial charge in [0, 0.05) is 5.39 Å². The van der Waals surface area contributed by atoms with E-state index in [2.05, 4.69) is 19.9 Å². The zero-order chi connectivity index (χ0) is 12.3. The Morgan fingerprint density at radius 2 is 2.24 bits per heavy atom. The number of azo groups is 1. The van der Waals surface area contributed by atoms with Gasteiger partial charge in [0.2, 0.25) is 5.88 Å². The van der Waals surface area contributed by atoms with Crippen molar-refractivity contribution >= 4 is 22.7 Å². The van der Waals surface area contributed by atoms with Crippen LogP contribution in [0.25, 0.3) is 10.9 Å². The predicted octanol–water partition coefficient (Wildman–Crippen LogP) is 3.11. The number of hydrogen-bond donors (Lipinski definition) is 2. The van der Waals surface area contributed by atoms with Crippen molar-refractivity contribution < 1.29 is 14.6 Å². The Bertz CT molecular complexity index is 574. The second kappa shape index (κ2) is 4.65. The Hall–Kier alpha value is -2.37. The van der Waals surface area contributed by atoms with E-state index in [0.717, 1.165) is 5.52 Å². The first-order valence-electron chi connectivity index (χ1n) is 5.10. The SMILES string of the molecule is CCOC(=O)N=Nc1c(O)[nH]c2ccccc12. The van der Waals surface area contributed by atoms with Gasteiger partial charge in [-0.15, -0.1) is 5.11 Å². The molecule has 1 aromatic heterocycles. The van der Waals surface area contributed by atoms with E-state index in [-0.39, 0.29) is 18.2 Å². The molecule has 0 fully saturated rings. The van der Waals surface area contributed by atoms with E-state index in [1.807, 2.05) is 6.07 Å². The van der Waals surface area contributed by atoms with Crippen LogP contribution in [0.4, 0.5) is 10.5 Å². The molecule has 0 atom stereocenters. The molecule has 1 aromatic carbocycles. The minimum atomic E-state index is -0.780. The van der Waals surface area contributed by atoms with Crippen LogP contribution in [0.1, 0.15) is 6.92 Å². The van der Waals surface area contributed by atoms with Crippen LogP contribution >= 0.6 is 0 Å². The summed E-state index contributed by atoms with van der Waals surface area (Å²) in [5.41, 5.74) is 0.955. The minimum absolute atomic E-state index is 0.126. The molecule has 17 heavy (non-hydrogen) atoms. The lowest BCUT2D eigenvalue weighted by Gasteiger charge is -1.93. The number of hydrogen-bond acceptors (Lipinski definition) is 4. The fourth-order valence-corrected chi connectivity index (χ4v) is 1.46. The Balaban J connectivity index is 2.35. The molecule has 1 amide bonds. The maximum Gasteiger partial charge on any atom is 0.452 e. The molecule has 0 aliphatic carbocycles. The lowest BCUT2D eigenvalue weighted by Crippen LogP contribution is -1.95. The monoisotopic (exact) mass is 233 g/mol. The summed E-state index contributed by atoms with van der Waals surface area (Å²) in [4.78, 5) is 13.7. The molecule has 88 valence electrons. The number of fused-ring (bicyclic) bond motifs is 1. The molecule has 0 radical (unpaired) electrons. The number of carbonyl (C=O) groups is 1. The Kier molecular flexibility index (Phi) is 3.04. The average molecular weight is 233 g/mol. The average Bonchev–Trinajstić information content (AvgIpc) is 2.62. The summed E-state index contributed by atoms with van der Waals surface area (Å²) >= 11 is 0. The van der Waals surface area contributed by atoms with Gasteiger partial charge >= 0.3 is 6.09 Å². The van der Waals surface area contributed by atoms with Gasteiger partial charge in [0.1, 0.15) is 0 Å². The smallest absolute Gasteiger partial charge is 0.452 e. The van der Waals surface area contributed by atoms with E-state index in [1.54, 1.807) is 25.1 Å². The van der Waals surface area contributed by atoms with E-state index >= 15 is 0 Å². The number of para-hydroxylation sites is 1. The van der Waals surface area contributed by atoms with Gasteiger partial charge in [0.15, 0.2) is 5.69 Å². The highest BCUT2D eigenvalue weighted by atomic mass is 16.5. The van der Waals surface area contributed by atoms with E-state index in [0.29, 0.717) is 5.39 Å². The summed E-state index contributed by atoms with van der Waals surface area (Å²) in [6.45, 7) is 1.91. The molecule has 0 saturated carbocycles. The van der Waals surface area contributed by atoms with Crippen molar-refractivity contribution in [1.29, 1.82) is 0 Å². The van der Waals surface area contributed by atoms with Crippen LogP contribution in [0.15, 0.2) is 34.5 Å². The lowest BCUT2D eigenvalue weighted by atomic mass is 10.2. The molecule has 0 aliphatic rings. The summed E-state index contributed by atoms with van der Waals surface area (Å²) in [5, 5.41) is 17.3. The summed E-state index contributed by atoms with van der Waals surface area (Å²) < 4.78 is 4.60. The maximum absolute atomic E-state index is 11.0. The molecular formula is C11H11N3O3. The molecule has 0 unspecified atom stereocenters. The van der Waals surface area contributed by atoms with Gasteiger partial charge in [-0.05, 0) is 13.0 Å². The van der Waals surface area contributed by atoms with Crippen LogP contribution in [0.2, 0.25) is 0 Å². The first-order valence-corrected chi connectivity index (χ1v) is 5.10. The van der Waals surface area contributed by atoms with Gasteiger partial charge in [0.25, 0.3) is 0 Å². The van der Waals surface area contributed by atoms with Crippen LogP contribution in [-0.4, -0.2) is 22.8 Å². The van der Waals surface area contributed by atoms with Crippen molar-refractivity contribution in [2.45, 2.75) is 6.92 Å². The number of amides is 1. The van der Waals surface area contributed by atoms with Crippen LogP contribution in [0.3, 0.4) is 0 Å². The molecule has 0 bridgehead atoms. The number of ether oxygens (including phenoxy) is 1. The summed E-state index contributed by atoms with van der Waals surface area (Å²) in [6.07, 6.45) is -0.780. The van der Waals surface area contributed by atoms with Gasteiger partial charge in [-0.1, -0.05) is 23.3 Å². The highest BCUT2D eigenvalue weighted by Crippen LogP contribution is 2.35. The van der Waals surface area contributed by atoms with Gasteiger partial charge in [-0.2, -0.15) is 0 Å². The molecule has 6 heteroatoms. The molecule has 2 N–H and O–H groups in total. The second-order valence-corrected chi connectivity index (χ2v) is 3.27. The van der Waals surface area contributed by atoms with Gasteiger partial charge in [0.05, 0.1) is 12.1 Å². The van der Waals surface area contributed by atoms with E-state index in [1.165, 1.54) is 0 Å². The lowest BCUT2D eigenvalue weighted by molar-refractivity contribution is 0.162. The first kappa shape index (κ1) is 11.1. The standard InChI is InChI=1S/C11H11N3O3/c1-2-17-11(16)14-13-9-7-5-3-4-6-8(7)12-10(9)15/h3-6,12,15H,2H2,1H3. The summed E-state index contributed by atoms with van der Waals surface area (Å²) in [5.74, 6) is -0.126. The number of aromatic amines is 1. The largest absolute Gasteiger partial charge is 0.493 e. The number of nitrogens with zero attached hydrogens (tertiary/aromatic N) is 2. The quantitative estimate of drug-likeness (QED) is 0.781. The molecule has 0 aliphatic heterocycles. The maximum atomic E-state index is 11.0. The molecule has 6 nitrogen and oxygen atoms in total. The molecular weight excluding hydrogens is 222 g/mol. The van der Waals surface area contributed by atoms with Crippen molar-refractivity contribution in [2.75, 3.05) is 6.61 Å². The van der Waals surface area contributed by atoms with Crippen molar-refractivity contribution in [2.24, 2.45) is 10.2 Å². The number of nitrogens with one attached hydrogen (secondary N) is 1. The third-order valence-electron chi connectivity index (χ3n) is 2.16. The number of carbonyl (C=O) groups excluding carboxylic acids is 1.